The number of piperazine rings is 1. The second-order valence-corrected chi connectivity index (χ2v) is 10.6. The van der Waals surface area contributed by atoms with Crippen LogP contribution in [0.1, 0.15) is 35.3 Å². The van der Waals surface area contributed by atoms with Gasteiger partial charge >= 0.3 is 11.9 Å². The summed E-state index contributed by atoms with van der Waals surface area (Å²) in [5, 5.41) is 0. The molecule has 2 unspecified atom stereocenters. The number of anilines is 2. The van der Waals surface area contributed by atoms with Crippen LogP contribution < -0.4 is 26.8 Å². The Morgan fingerprint density at radius 1 is 1.02 bits per heavy atom. The van der Waals surface area contributed by atoms with Gasteiger partial charge < -0.3 is 15.5 Å². The number of hydrogen-bond acceptors (Lipinski definition) is 7. The summed E-state index contributed by atoms with van der Waals surface area (Å²) in [7, 11) is 0. The highest BCUT2D eigenvalue weighted by molar-refractivity contribution is 5.53. The van der Waals surface area contributed by atoms with Crippen molar-refractivity contribution in [3.63, 3.8) is 0 Å². The molecule has 1 saturated heterocycles. The van der Waals surface area contributed by atoms with E-state index in [1.807, 2.05) is 16.7 Å². The molecular formula is C30H31F4N7O2. The topological polar surface area (TPSA) is 102 Å². The molecule has 5 rings (SSSR count). The minimum Gasteiger partial charge on any atom is -0.359 e. The van der Waals surface area contributed by atoms with Crippen molar-refractivity contribution >= 4 is 11.5 Å². The monoisotopic (exact) mass is 597 g/mol. The van der Waals surface area contributed by atoms with Gasteiger partial charge in [-0.3, -0.25) is 13.9 Å². The van der Waals surface area contributed by atoms with E-state index in [0.29, 0.717) is 31.0 Å². The van der Waals surface area contributed by atoms with Gasteiger partial charge in [0.15, 0.2) is 0 Å². The fraction of sp³-hybridized carbons (Fsp3) is 0.333. The maximum absolute atomic E-state index is 14.9. The van der Waals surface area contributed by atoms with Crippen LogP contribution in [0.15, 0.2) is 76.7 Å². The van der Waals surface area contributed by atoms with E-state index in [0.717, 1.165) is 27.3 Å². The third-order valence-corrected chi connectivity index (χ3v) is 7.81. The summed E-state index contributed by atoms with van der Waals surface area (Å²) in [5.74, 6) is -0.387. The van der Waals surface area contributed by atoms with E-state index in [4.69, 9.17) is 5.73 Å². The average molecular weight is 598 g/mol. The lowest BCUT2D eigenvalue weighted by molar-refractivity contribution is -0.138. The Labute approximate surface area is 244 Å². The van der Waals surface area contributed by atoms with Gasteiger partial charge in [0, 0.05) is 49.2 Å². The standard InChI is InChI=1S/C30H31F4N7O2/c1-19-15-38(26-11-12-36-18-37-26)13-14-39(19)27-20(2)40(16-22-23(30(32,33)34)9-6-10-24(22)31)29(43)41(28(27)42)17-25(35)21-7-4-3-5-8-21/h3-12,18-19,25H,13-17,35H2,1-2H3. The van der Waals surface area contributed by atoms with Gasteiger partial charge in [-0.05, 0) is 37.6 Å². The van der Waals surface area contributed by atoms with Crippen LogP contribution in [-0.2, 0) is 19.3 Å². The van der Waals surface area contributed by atoms with Crippen molar-refractivity contribution in [1.82, 2.24) is 19.1 Å². The van der Waals surface area contributed by atoms with E-state index in [1.54, 1.807) is 42.6 Å². The second-order valence-electron chi connectivity index (χ2n) is 10.6. The van der Waals surface area contributed by atoms with Crippen molar-refractivity contribution in [3.05, 3.63) is 116 Å². The number of aromatic nitrogens is 4. The Balaban J connectivity index is 1.62. The SMILES string of the molecule is Cc1c(N2CCN(c3ccncn3)CC2C)c(=O)n(CC(N)c2ccccc2)c(=O)n1Cc1c(F)cccc1C(F)(F)F. The van der Waals surface area contributed by atoms with E-state index in [1.165, 1.54) is 13.3 Å². The quantitative estimate of drug-likeness (QED) is 0.324. The number of rotatable bonds is 7. The number of halogens is 4. The lowest BCUT2D eigenvalue weighted by Crippen LogP contribution is -2.56. The predicted octanol–water partition coefficient (Wildman–Crippen LogP) is 3.73. The first kappa shape index (κ1) is 30.0. The summed E-state index contributed by atoms with van der Waals surface area (Å²) in [5.41, 5.74) is 3.99. The maximum atomic E-state index is 14.9. The van der Waals surface area contributed by atoms with Gasteiger partial charge in [-0.1, -0.05) is 36.4 Å². The Morgan fingerprint density at radius 2 is 1.77 bits per heavy atom. The molecule has 226 valence electrons. The Hall–Kier alpha value is -4.52. The lowest BCUT2D eigenvalue weighted by Gasteiger charge is -2.42. The van der Waals surface area contributed by atoms with Crippen LogP contribution in [0.3, 0.4) is 0 Å². The first-order valence-electron chi connectivity index (χ1n) is 13.7. The van der Waals surface area contributed by atoms with E-state index in [2.05, 4.69) is 9.97 Å². The van der Waals surface area contributed by atoms with Crippen LogP contribution >= 0.6 is 0 Å². The van der Waals surface area contributed by atoms with Crippen LogP contribution in [-0.4, -0.2) is 44.8 Å². The van der Waals surface area contributed by atoms with Crippen molar-refractivity contribution in [2.24, 2.45) is 5.73 Å². The third-order valence-electron chi connectivity index (χ3n) is 7.81. The van der Waals surface area contributed by atoms with Gasteiger partial charge in [0.05, 0.1) is 18.7 Å². The highest BCUT2D eigenvalue weighted by atomic mass is 19.4. The molecule has 0 radical (unpaired) electrons. The molecule has 13 heteroatoms. The molecule has 43 heavy (non-hydrogen) atoms. The fourth-order valence-electron chi connectivity index (χ4n) is 5.58. The maximum Gasteiger partial charge on any atom is 0.416 e. The van der Waals surface area contributed by atoms with Crippen molar-refractivity contribution in [2.45, 2.75) is 45.2 Å². The Bertz CT molecular complexity index is 1710. The summed E-state index contributed by atoms with van der Waals surface area (Å²) in [6.45, 7) is 3.76. The highest BCUT2D eigenvalue weighted by Crippen LogP contribution is 2.34. The van der Waals surface area contributed by atoms with Gasteiger partial charge in [0.25, 0.3) is 5.56 Å². The Kier molecular flexibility index (Phi) is 8.36. The minimum absolute atomic E-state index is 0.137. The molecule has 0 saturated carbocycles. The zero-order chi connectivity index (χ0) is 30.9. The summed E-state index contributed by atoms with van der Waals surface area (Å²) in [4.78, 5) is 40.0. The van der Waals surface area contributed by atoms with Crippen molar-refractivity contribution < 1.29 is 17.6 Å². The van der Waals surface area contributed by atoms with Crippen molar-refractivity contribution in [2.75, 3.05) is 29.4 Å². The van der Waals surface area contributed by atoms with Crippen LogP contribution in [0.4, 0.5) is 29.1 Å². The number of nitrogens with two attached hydrogens (primary N) is 1. The van der Waals surface area contributed by atoms with Crippen molar-refractivity contribution in [3.8, 4) is 0 Å². The third kappa shape index (κ3) is 6.03. The molecule has 0 aliphatic carbocycles. The normalized spacial score (nSPS) is 16.4. The van der Waals surface area contributed by atoms with Gasteiger partial charge in [0.2, 0.25) is 0 Å². The molecule has 2 atom stereocenters. The summed E-state index contributed by atoms with van der Waals surface area (Å²) in [6.07, 6.45) is -1.78. The van der Waals surface area contributed by atoms with Crippen LogP contribution in [0, 0.1) is 12.7 Å². The molecule has 0 amide bonds. The van der Waals surface area contributed by atoms with Crippen LogP contribution in [0.2, 0.25) is 0 Å². The largest absolute Gasteiger partial charge is 0.416 e. The number of nitrogens with zero attached hydrogens (tertiary/aromatic N) is 6. The molecular weight excluding hydrogens is 566 g/mol. The molecule has 2 N–H and O–H groups in total. The predicted molar refractivity (Wildman–Crippen MR) is 155 cm³/mol. The van der Waals surface area contributed by atoms with Gasteiger partial charge in [-0.25, -0.2) is 19.2 Å². The zero-order valence-electron chi connectivity index (χ0n) is 23.6. The van der Waals surface area contributed by atoms with Crippen LogP contribution in [0.5, 0.6) is 0 Å². The zero-order valence-corrected chi connectivity index (χ0v) is 23.6. The van der Waals surface area contributed by atoms with Crippen molar-refractivity contribution in [1.29, 1.82) is 0 Å². The lowest BCUT2D eigenvalue weighted by atomic mass is 10.1. The number of hydrogen-bond donors (Lipinski definition) is 1. The van der Waals surface area contributed by atoms with E-state index >= 15 is 0 Å². The summed E-state index contributed by atoms with van der Waals surface area (Å²) >= 11 is 0. The number of alkyl halides is 3. The first-order chi connectivity index (χ1) is 20.5. The molecule has 1 fully saturated rings. The molecule has 0 bridgehead atoms. The highest BCUT2D eigenvalue weighted by Gasteiger charge is 2.36. The van der Waals surface area contributed by atoms with Gasteiger partial charge in [0.1, 0.15) is 23.6 Å². The smallest absolute Gasteiger partial charge is 0.359 e. The molecule has 3 heterocycles. The molecule has 0 spiro atoms. The van der Waals surface area contributed by atoms with E-state index in [-0.39, 0.29) is 24.0 Å². The Morgan fingerprint density at radius 3 is 2.42 bits per heavy atom. The number of benzene rings is 2. The van der Waals surface area contributed by atoms with E-state index < -0.39 is 47.0 Å². The van der Waals surface area contributed by atoms with Crippen LogP contribution in [0.25, 0.3) is 0 Å². The molecule has 2 aromatic heterocycles. The van der Waals surface area contributed by atoms with E-state index in [9.17, 15) is 27.2 Å². The average Bonchev–Trinajstić information content (AvgIpc) is 2.99. The second kappa shape index (κ2) is 12.0. The fourth-order valence-corrected chi connectivity index (χ4v) is 5.58. The summed E-state index contributed by atoms with van der Waals surface area (Å²) < 4.78 is 58.6. The minimum atomic E-state index is -4.85. The molecule has 1 aliphatic rings. The summed E-state index contributed by atoms with van der Waals surface area (Å²) in [6, 6.07) is 12.3. The first-order valence-corrected chi connectivity index (χ1v) is 13.7. The van der Waals surface area contributed by atoms with Gasteiger partial charge in [-0.15, -0.1) is 0 Å². The molecule has 4 aromatic rings. The van der Waals surface area contributed by atoms with Gasteiger partial charge in [-0.2, -0.15) is 13.2 Å². The molecule has 1 aliphatic heterocycles. The molecule has 9 nitrogen and oxygen atoms in total. The molecule has 2 aromatic carbocycles.